The Bertz CT molecular complexity index is 1010. The maximum absolute atomic E-state index is 14.7. The first kappa shape index (κ1) is 18.6. The number of rotatable bonds is 5. The summed E-state index contributed by atoms with van der Waals surface area (Å²) in [6.45, 7) is 1.61. The van der Waals surface area contributed by atoms with Gasteiger partial charge in [0.1, 0.15) is 29.2 Å². The lowest BCUT2D eigenvalue weighted by Crippen LogP contribution is -2.27. The van der Waals surface area contributed by atoms with Gasteiger partial charge in [0.25, 0.3) is 0 Å². The zero-order chi connectivity index (χ0) is 19.6. The number of hydrogen-bond donors (Lipinski definition) is 1. The second kappa shape index (κ2) is 7.57. The van der Waals surface area contributed by atoms with Gasteiger partial charge in [-0.1, -0.05) is 12.1 Å². The summed E-state index contributed by atoms with van der Waals surface area (Å²) < 4.78 is 38.9. The molecule has 7 heteroatoms. The fourth-order valence-electron chi connectivity index (χ4n) is 2.86. The van der Waals surface area contributed by atoms with Crippen LogP contribution >= 0.6 is 0 Å². The molecular formula is C20H18F2N2O3. The predicted octanol–water partition coefficient (Wildman–Crippen LogP) is 4.16. The van der Waals surface area contributed by atoms with Crippen LogP contribution in [0.25, 0.3) is 21.9 Å². The van der Waals surface area contributed by atoms with Crippen molar-refractivity contribution in [1.82, 2.24) is 4.98 Å². The molecule has 1 aromatic heterocycles. The van der Waals surface area contributed by atoms with Crippen molar-refractivity contribution in [3.8, 4) is 16.9 Å². The molecule has 1 N–H and O–H groups in total. The molecule has 0 amide bonds. The molecule has 1 unspecified atom stereocenters. The number of nitrogens with zero attached hydrogens (tertiary/aromatic N) is 1. The summed E-state index contributed by atoms with van der Waals surface area (Å²) >= 11 is 0. The summed E-state index contributed by atoms with van der Waals surface area (Å²) in [6.07, 6.45) is 1.38. The van der Waals surface area contributed by atoms with Crippen molar-refractivity contribution in [1.29, 1.82) is 0 Å². The van der Waals surface area contributed by atoms with Crippen molar-refractivity contribution < 1.29 is 23.0 Å². The first-order chi connectivity index (χ1) is 13.0. The number of pyridine rings is 1. The van der Waals surface area contributed by atoms with Crippen LogP contribution in [-0.2, 0) is 9.53 Å². The average molecular weight is 372 g/mol. The van der Waals surface area contributed by atoms with Crippen LogP contribution in [-0.4, -0.2) is 31.2 Å². The molecule has 5 nitrogen and oxygen atoms in total. The van der Waals surface area contributed by atoms with Crippen molar-refractivity contribution in [3.05, 3.63) is 54.2 Å². The lowest BCUT2D eigenvalue weighted by molar-refractivity contribution is -0.141. The van der Waals surface area contributed by atoms with Gasteiger partial charge in [-0.15, -0.1) is 0 Å². The largest absolute Gasteiger partial charge is 0.497 e. The number of anilines is 1. The summed E-state index contributed by atoms with van der Waals surface area (Å²) in [5.74, 6) is -0.885. The van der Waals surface area contributed by atoms with Gasteiger partial charge in [0, 0.05) is 34.2 Å². The van der Waals surface area contributed by atoms with E-state index in [9.17, 15) is 13.6 Å². The Morgan fingerprint density at radius 3 is 2.56 bits per heavy atom. The first-order valence-electron chi connectivity index (χ1n) is 8.21. The summed E-state index contributed by atoms with van der Waals surface area (Å²) in [5, 5.41) is 3.54. The van der Waals surface area contributed by atoms with Gasteiger partial charge in [-0.3, -0.25) is 0 Å². The van der Waals surface area contributed by atoms with Gasteiger partial charge in [0.05, 0.1) is 14.2 Å². The molecule has 1 atom stereocenters. The van der Waals surface area contributed by atoms with Crippen LogP contribution in [0.15, 0.2) is 42.6 Å². The molecule has 3 aromatic rings. The lowest BCUT2D eigenvalue weighted by Gasteiger charge is -2.16. The Morgan fingerprint density at radius 2 is 1.89 bits per heavy atom. The topological polar surface area (TPSA) is 60.5 Å². The molecule has 27 heavy (non-hydrogen) atoms. The second-order valence-corrected chi connectivity index (χ2v) is 5.92. The van der Waals surface area contributed by atoms with Gasteiger partial charge in [0.15, 0.2) is 0 Å². The molecular weight excluding hydrogens is 354 g/mol. The predicted molar refractivity (Wildman–Crippen MR) is 98.7 cm³/mol. The van der Waals surface area contributed by atoms with E-state index in [4.69, 9.17) is 4.74 Å². The molecule has 0 aliphatic carbocycles. The Labute approximate surface area is 154 Å². The summed E-state index contributed by atoms with van der Waals surface area (Å²) in [7, 11) is 2.72. The van der Waals surface area contributed by atoms with Crippen molar-refractivity contribution in [2.24, 2.45) is 0 Å². The van der Waals surface area contributed by atoms with Gasteiger partial charge in [-0.2, -0.15) is 0 Å². The Hall–Kier alpha value is -3.22. The zero-order valence-electron chi connectivity index (χ0n) is 15.0. The number of esters is 1. The third-order valence-electron chi connectivity index (χ3n) is 4.24. The van der Waals surface area contributed by atoms with Crippen LogP contribution in [0.5, 0.6) is 5.75 Å². The van der Waals surface area contributed by atoms with E-state index in [0.29, 0.717) is 22.5 Å². The molecule has 0 aliphatic heterocycles. The number of benzene rings is 2. The van der Waals surface area contributed by atoms with E-state index in [0.717, 1.165) is 0 Å². The standard InChI is InChI=1S/C20H18F2N2O3/c1-11(20(25)27-3)24-19-14-5-4-6-16(21)18(14)15(10-23-19)13-8-7-12(26-2)9-17(13)22/h4-11H,1-3H3,(H,23,24). The van der Waals surface area contributed by atoms with Crippen LogP contribution in [0.1, 0.15) is 6.92 Å². The number of carbonyl (C=O) groups is 1. The van der Waals surface area contributed by atoms with Crippen LogP contribution < -0.4 is 10.1 Å². The lowest BCUT2D eigenvalue weighted by atomic mass is 9.99. The highest BCUT2D eigenvalue weighted by atomic mass is 19.1. The fraction of sp³-hybridized carbons (Fsp3) is 0.200. The van der Waals surface area contributed by atoms with Gasteiger partial charge >= 0.3 is 5.97 Å². The van der Waals surface area contributed by atoms with E-state index in [1.807, 2.05) is 0 Å². The number of aromatic nitrogens is 1. The number of hydrogen-bond acceptors (Lipinski definition) is 5. The van der Waals surface area contributed by atoms with Gasteiger partial charge in [0.2, 0.25) is 0 Å². The summed E-state index contributed by atoms with van der Waals surface area (Å²) in [6, 6.07) is 8.13. The molecule has 0 fully saturated rings. The highest BCUT2D eigenvalue weighted by Crippen LogP contribution is 2.35. The normalized spacial score (nSPS) is 11.9. The first-order valence-corrected chi connectivity index (χ1v) is 8.21. The Kier molecular flexibility index (Phi) is 5.21. The molecule has 0 aliphatic rings. The minimum absolute atomic E-state index is 0.200. The van der Waals surface area contributed by atoms with Crippen LogP contribution in [0.4, 0.5) is 14.6 Å². The molecule has 0 saturated heterocycles. The van der Waals surface area contributed by atoms with Crippen LogP contribution in [0.2, 0.25) is 0 Å². The molecule has 0 saturated carbocycles. The quantitative estimate of drug-likeness (QED) is 0.682. The molecule has 140 valence electrons. The molecule has 0 bridgehead atoms. The number of ether oxygens (including phenoxy) is 2. The molecule has 2 aromatic carbocycles. The minimum atomic E-state index is -0.683. The average Bonchev–Trinajstić information content (AvgIpc) is 2.68. The van der Waals surface area contributed by atoms with E-state index in [-0.39, 0.29) is 10.9 Å². The molecule has 0 radical (unpaired) electrons. The summed E-state index contributed by atoms with van der Waals surface area (Å²) in [4.78, 5) is 15.9. The van der Waals surface area contributed by atoms with E-state index in [1.54, 1.807) is 19.1 Å². The maximum atomic E-state index is 14.7. The Morgan fingerprint density at radius 1 is 1.11 bits per heavy atom. The summed E-state index contributed by atoms with van der Waals surface area (Å²) in [5.41, 5.74) is 0.505. The monoisotopic (exact) mass is 372 g/mol. The fourth-order valence-corrected chi connectivity index (χ4v) is 2.86. The van der Waals surface area contributed by atoms with E-state index in [1.165, 1.54) is 44.7 Å². The molecule has 0 spiro atoms. The third kappa shape index (κ3) is 3.53. The number of fused-ring (bicyclic) bond motifs is 1. The van der Waals surface area contributed by atoms with Gasteiger partial charge < -0.3 is 14.8 Å². The van der Waals surface area contributed by atoms with E-state index >= 15 is 0 Å². The zero-order valence-corrected chi connectivity index (χ0v) is 15.0. The minimum Gasteiger partial charge on any atom is -0.497 e. The maximum Gasteiger partial charge on any atom is 0.328 e. The van der Waals surface area contributed by atoms with Crippen molar-refractivity contribution in [2.45, 2.75) is 13.0 Å². The van der Waals surface area contributed by atoms with Crippen molar-refractivity contribution in [3.63, 3.8) is 0 Å². The number of nitrogens with one attached hydrogen (secondary N) is 1. The van der Waals surface area contributed by atoms with Crippen molar-refractivity contribution >= 4 is 22.6 Å². The van der Waals surface area contributed by atoms with Gasteiger partial charge in [-0.25, -0.2) is 18.6 Å². The van der Waals surface area contributed by atoms with Gasteiger partial charge in [-0.05, 0) is 25.1 Å². The third-order valence-corrected chi connectivity index (χ3v) is 4.24. The highest BCUT2D eigenvalue weighted by molar-refractivity contribution is 6.02. The number of carbonyl (C=O) groups excluding carboxylic acids is 1. The van der Waals surface area contributed by atoms with Crippen molar-refractivity contribution in [2.75, 3.05) is 19.5 Å². The smallest absolute Gasteiger partial charge is 0.328 e. The molecule has 3 rings (SSSR count). The Balaban J connectivity index is 2.17. The highest BCUT2D eigenvalue weighted by Gasteiger charge is 2.19. The SMILES string of the molecule is COC(=O)C(C)Nc1ncc(-c2ccc(OC)cc2F)c2c(F)cccc12. The molecule has 1 heterocycles. The van der Waals surface area contributed by atoms with Crippen LogP contribution in [0.3, 0.4) is 0 Å². The van der Waals surface area contributed by atoms with E-state index in [2.05, 4.69) is 15.0 Å². The van der Waals surface area contributed by atoms with E-state index < -0.39 is 23.6 Å². The second-order valence-electron chi connectivity index (χ2n) is 5.92. The number of methoxy groups -OCH3 is 2. The van der Waals surface area contributed by atoms with Crippen LogP contribution in [0, 0.1) is 11.6 Å². The number of halogens is 2.